The minimum Gasteiger partial charge on any atom is -0.494 e. The Bertz CT molecular complexity index is 944. The van der Waals surface area contributed by atoms with Gasteiger partial charge in [0, 0.05) is 34.8 Å². The van der Waals surface area contributed by atoms with Crippen molar-refractivity contribution < 1.29 is 14.6 Å². The molecule has 0 bridgehead atoms. The van der Waals surface area contributed by atoms with Crippen molar-refractivity contribution in [2.45, 2.75) is 6.92 Å². The van der Waals surface area contributed by atoms with Crippen molar-refractivity contribution in [3.8, 4) is 16.9 Å². The first-order valence-electron chi connectivity index (χ1n) is 8.03. The fourth-order valence-corrected chi connectivity index (χ4v) is 2.57. The molecule has 0 fully saturated rings. The number of anilines is 3. The van der Waals surface area contributed by atoms with E-state index in [9.17, 15) is 9.90 Å². The Morgan fingerprint density at radius 1 is 1.19 bits per heavy atom. The summed E-state index contributed by atoms with van der Waals surface area (Å²) in [6.07, 6.45) is 1.42. The van der Waals surface area contributed by atoms with Gasteiger partial charge in [-0.15, -0.1) is 0 Å². The third-order valence-corrected chi connectivity index (χ3v) is 3.65. The Morgan fingerprint density at radius 2 is 2.00 bits per heavy atom. The van der Waals surface area contributed by atoms with Gasteiger partial charge >= 0.3 is 5.97 Å². The van der Waals surface area contributed by atoms with E-state index in [2.05, 4.69) is 15.3 Å². The van der Waals surface area contributed by atoms with E-state index in [1.165, 1.54) is 6.20 Å². The number of hydrogen-bond acceptors (Lipinski definition) is 6. The summed E-state index contributed by atoms with van der Waals surface area (Å²) in [5.41, 5.74) is 7.97. The topological polar surface area (TPSA) is 110 Å². The van der Waals surface area contributed by atoms with Crippen LogP contribution >= 0.6 is 0 Å². The smallest absolute Gasteiger partial charge is 0.355 e. The maximum atomic E-state index is 11.6. The molecule has 0 radical (unpaired) electrons. The van der Waals surface area contributed by atoms with Gasteiger partial charge in [-0.3, -0.25) is 0 Å². The predicted octanol–water partition coefficient (Wildman–Crippen LogP) is 3.57. The predicted molar refractivity (Wildman–Crippen MR) is 99.7 cm³/mol. The van der Waals surface area contributed by atoms with E-state index in [0.29, 0.717) is 17.7 Å². The number of aromatic nitrogens is 2. The number of nitrogens with one attached hydrogen (secondary N) is 1. The number of rotatable bonds is 6. The van der Waals surface area contributed by atoms with E-state index in [0.717, 1.165) is 17.1 Å². The lowest BCUT2D eigenvalue weighted by atomic mass is 10.0. The number of carbonyl (C=O) groups is 1. The largest absolute Gasteiger partial charge is 0.494 e. The monoisotopic (exact) mass is 350 g/mol. The number of carboxylic acid groups (broad SMARTS) is 1. The van der Waals surface area contributed by atoms with Gasteiger partial charge in [0.1, 0.15) is 5.75 Å². The number of hydrogen-bond donors (Lipinski definition) is 3. The molecule has 0 amide bonds. The molecule has 7 nitrogen and oxygen atoms in total. The van der Waals surface area contributed by atoms with E-state index in [-0.39, 0.29) is 11.6 Å². The van der Waals surface area contributed by atoms with Crippen LogP contribution in [0.1, 0.15) is 17.4 Å². The summed E-state index contributed by atoms with van der Waals surface area (Å²) in [6, 6.07) is 14.9. The molecular formula is C19H18N4O3. The van der Waals surface area contributed by atoms with Gasteiger partial charge in [-0.05, 0) is 25.1 Å². The molecule has 0 unspecified atom stereocenters. The highest BCUT2D eigenvalue weighted by molar-refractivity contribution is 5.96. The lowest BCUT2D eigenvalue weighted by Crippen LogP contribution is -2.08. The number of carboxylic acids is 1. The van der Waals surface area contributed by atoms with Crippen molar-refractivity contribution in [3.63, 3.8) is 0 Å². The molecular weight excluding hydrogens is 332 g/mol. The van der Waals surface area contributed by atoms with Crippen molar-refractivity contribution in [1.82, 2.24) is 9.97 Å². The normalized spacial score (nSPS) is 10.3. The zero-order chi connectivity index (χ0) is 18.5. The highest BCUT2D eigenvalue weighted by Crippen LogP contribution is 2.32. The molecule has 1 heterocycles. The third-order valence-electron chi connectivity index (χ3n) is 3.65. The van der Waals surface area contributed by atoms with Gasteiger partial charge in [-0.2, -0.15) is 0 Å². The fourth-order valence-electron chi connectivity index (χ4n) is 2.57. The van der Waals surface area contributed by atoms with E-state index < -0.39 is 5.97 Å². The van der Waals surface area contributed by atoms with Gasteiger partial charge in [0.25, 0.3) is 0 Å². The van der Waals surface area contributed by atoms with E-state index >= 15 is 0 Å². The molecule has 0 spiro atoms. The summed E-state index contributed by atoms with van der Waals surface area (Å²) in [4.78, 5) is 19.3. The zero-order valence-corrected chi connectivity index (χ0v) is 14.1. The summed E-state index contributed by atoms with van der Waals surface area (Å²) < 4.78 is 5.51. The number of benzene rings is 2. The number of para-hydroxylation sites is 1. The first-order valence-corrected chi connectivity index (χ1v) is 8.03. The quantitative estimate of drug-likeness (QED) is 0.623. The third kappa shape index (κ3) is 3.72. The molecule has 0 aliphatic heterocycles. The summed E-state index contributed by atoms with van der Waals surface area (Å²) >= 11 is 0. The van der Waals surface area contributed by atoms with Crippen molar-refractivity contribution in [1.29, 1.82) is 0 Å². The van der Waals surface area contributed by atoms with Gasteiger partial charge in [0.05, 0.1) is 6.61 Å². The standard InChI is InChI=1S/C19H18N4O3/c1-2-26-13-7-5-6-12(10-13)22-16-9-4-3-8-14(16)15-11-21-19(20)23-17(15)18(24)25/h3-11,22H,2H2,1H3,(H,24,25)(H2,20,21,23). The Balaban J connectivity index is 2.02. The lowest BCUT2D eigenvalue weighted by Gasteiger charge is -2.14. The Morgan fingerprint density at radius 3 is 2.77 bits per heavy atom. The van der Waals surface area contributed by atoms with E-state index in [4.69, 9.17) is 10.5 Å². The molecule has 2 aromatic carbocycles. The molecule has 4 N–H and O–H groups in total. The van der Waals surface area contributed by atoms with Crippen LogP contribution in [-0.4, -0.2) is 27.7 Å². The summed E-state index contributed by atoms with van der Waals surface area (Å²) in [7, 11) is 0. The maximum Gasteiger partial charge on any atom is 0.355 e. The average molecular weight is 350 g/mol. The summed E-state index contributed by atoms with van der Waals surface area (Å²) in [6.45, 7) is 2.49. The van der Waals surface area contributed by atoms with Gasteiger partial charge in [-0.25, -0.2) is 14.8 Å². The van der Waals surface area contributed by atoms with Crippen LogP contribution < -0.4 is 15.8 Å². The number of ether oxygens (including phenoxy) is 1. The van der Waals surface area contributed by atoms with Crippen molar-refractivity contribution >= 4 is 23.3 Å². The molecule has 0 atom stereocenters. The van der Waals surface area contributed by atoms with Gasteiger partial charge < -0.3 is 20.9 Å². The second-order valence-electron chi connectivity index (χ2n) is 5.43. The minimum atomic E-state index is -1.16. The minimum absolute atomic E-state index is 0.0824. The second kappa shape index (κ2) is 7.52. The number of nitrogens with zero attached hydrogens (tertiary/aromatic N) is 2. The SMILES string of the molecule is CCOc1cccc(Nc2ccccc2-c2cnc(N)nc2C(=O)O)c1. The van der Waals surface area contributed by atoms with Crippen LogP contribution in [0.2, 0.25) is 0 Å². The second-order valence-corrected chi connectivity index (χ2v) is 5.43. The van der Waals surface area contributed by atoms with Crippen molar-refractivity contribution in [2.75, 3.05) is 17.7 Å². The van der Waals surface area contributed by atoms with Crippen molar-refractivity contribution in [2.24, 2.45) is 0 Å². The first kappa shape index (κ1) is 17.2. The number of nitrogen functional groups attached to an aromatic ring is 1. The van der Waals surface area contributed by atoms with Crippen molar-refractivity contribution in [3.05, 3.63) is 60.4 Å². The lowest BCUT2D eigenvalue weighted by molar-refractivity contribution is 0.0691. The molecule has 0 aliphatic carbocycles. The fraction of sp³-hybridized carbons (Fsp3) is 0.105. The molecule has 7 heteroatoms. The molecule has 0 saturated heterocycles. The molecule has 26 heavy (non-hydrogen) atoms. The number of nitrogens with two attached hydrogens (primary N) is 1. The highest BCUT2D eigenvalue weighted by atomic mass is 16.5. The van der Waals surface area contributed by atoms with Crippen LogP contribution in [0, 0.1) is 0 Å². The summed E-state index contributed by atoms with van der Waals surface area (Å²) in [5.74, 6) is -0.500. The maximum absolute atomic E-state index is 11.6. The van der Waals surface area contributed by atoms with Gasteiger partial charge in [0.2, 0.25) is 5.95 Å². The molecule has 1 aromatic heterocycles. The molecule has 132 valence electrons. The average Bonchev–Trinajstić information content (AvgIpc) is 2.63. The molecule has 3 aromatic rings. The van der Waals surface area contributed by atoms with Crippen LogP contribution in [-0.2, 0) is 0 Å². The van der Waals surface area contributed by atoms with Gasteiger partial charge in [-0.1, -0.05) is 24.3 Å². The van der Waals surface area contributed by atoms with Gasteiger partial charge in [0.15, 0.2) is 5.69 Å². The van der Waals surface area contributed by atoms with Crippen LogP contribution in [0.5, 0.6) is 5.75 Å². The molecule has 3 rings (SSSR count). The zero-order valence-electron chi connectivity index (χ0n) is 14.1. The molecule has 0 saturated carbocycles. The Labute approximate surface area is 150 Å². The van der Waals surface area contributed by atoms with E-state index in [1.807, 2.05) is 49.4 Å². The number of aromatic carboxylic acids is 1. The van der Waals surface area contributed by atoms with E-state index in [1.54, 1.807) is 6.07 Å². The Hall–Kier alpha value is -3.61. The van der Waals surface area contributed by atoms with Crippen LogP contribution in [0.3, 0.4) is 0 Å². The summed E-state index contributed by atoms with van der Waals surface area (Å²) in [5, 5.41) is 12.7. The Kier molecular flexibility index (Phi) is 4.98. The van der Waals surface area contributed by atoms with Crippen LogP contribution in [0.15, 0.2) is 54.7 Å². The highest BCUT2D eigenvalue weighted by Gasteiger charge is 2.17. The first-order chi connectivity index (χ1) is 12.6. The van der Waals surface area contributed by atoms with Crippen LogP contribution in [0.25, 0.3) is 11.1 Å². The van der Waals surface area contributed by atoms with Crippen LogP contribution in [0.4, 0.5) is 17.3 Å². The molecule has 0 aliphatic rings.